The number of fused-ring (bicyclic) bond motifs is 1. The van der Waals surface area contributed by atoms with Crippen LogP contribution in [-0.2, 0) is 9.53 Å². The molecule has 1 aromatic heterocycles. The van der Waals surface area contributed by atoms with Crippen LogP contribution < -0.4 is 4.74 Å². The third kappa shape index (κ3) is 3.25. The fourth-order valence-corrected chi connectivity index (χ4v) is 3.40. The highest BCUT2D eigenvalue weighted by molar-refractivity contribution is 9.10. The van der Waals surface area contributed by atoms with E-state index >= 15 is 0 Å². The number of methoxy groups -OCH3 is 1. The Hall–Kier alpha value is -3.19. The summed E-state index contributed by atoms with van der Waals surface area (Å²) in [6, 6.07) is 12.7. The molecule has 1 aliphatic rings. The molecule has 0 spiro atoms. The van der Waals surface area contributed by atoms with Crippen LogP contribution in [0.1, 0.15) is 22.8 Å². The number of rotatable bonds is 3. The normalized spacial score (nSPS) is 15.0. The van der Waals surface area contributed by atoms with E-state index in [2.05, 4.69) is 20.9 Å². The molecule has 6 nitrogen and oxygen atoms in total. The number of nitrogens with zero attached hydrogens (tertiary/aromatic N) is 2. The molecular weight excluding hydrogens is 424 g/mol. The van der Waals surface area contributed by atoms with Gasteiger partial charge in [0.25, 0.3) is 0 Å². The molecule has 4 rings (SSSR count). The summed E-state index contributed by atoms with van der Waals surface area (Å²) in [7, 11) is 1.57. The van der Waals surface area contributed by atoms with Gasteiger partial charge in [-0.1, -0.05) is 22.0 Å². The van der Waals surface area contributed by atoms with Crippen LogP contribution in [0.2, 0.25) is 0 Å². The second-order valence-corrected chi connectivity index (χ2v) is 7.12. The fourth-order valence-electron chi connectivity index (χ4n) is 3.04. The van der Waals surface area contributed by atoms with Crippen LogP contribution in [0.4, 0.5) is 0 Å². The van der Waals surface area contributed by atoms with Crippen molar-refractivity contribution in [2.75, 3.05) is 7.11 Å². The minimum Gasteiger partial charge on any atom is -0.497 e. The Morgan fingerprint density at radius 3 is 2.82 bits per heavy atom. The number of carbonyl (C=O) groups excluding carboxylic acids is 2. The minimum absolute atomic E-state index is 0.119. The predicted octanol–water partition coefficient (Wildman–Crippen LogP) is 4.42. The van der Waals surface area contributed by atoms with Gasteiger partial charge in [0, 0.05) is 34.1 Å². The Kier molecular flexibility index (Phi) is 4.60. The molecule has 0 saturated carbocycles. The van der Waals surface area contributed by atoms with Gasteiger partial charge in [-0.05, 0) is 42.5 Å². The highest BCUT2D eigenvalue weighted by Gasteiger charge is 2.25. The highest BCUT2D eigenvalue weighted by Crippen LogP contribution is 2.29. The van der Waals surface area contributed by atoms with E-state index in [-0.39, 0.29) is 17.5 Å². The van der Waals surface area contributed by atoms with Gasteiger partial charge >= 0.3 is 5.97 Å². The molecule has 3 aromatic rings. The third-order valence-electron chi connectivity index (χ3n) is 4.37. The Morgan fingerprint density at radius 2 is 2.07 bits per heavy atom. The maximum Gasteiger partial charge on any atom is 0.363 e. The molecule has 0 unspecified atom stereocenters. The van der Waals surface area contributed by atoms with Crippen molar-refractivity contribution in [3.8, 4) is 5.75 Å². The molecule has 1 aliphatic heterocycles. The average molecular weight is 439 g/mol. The van der Waals surface area contributed by atoms with Crippen molar-refractivity contribution in [1.29, 1.82) is 0 Å². The number of hydrogen-bond acceptors (Lipinski definition) is 5. The molecule has 0 fully saturated rings. The molecule has 0 aliphatic carbocycles. The number of halogens is 1. The van der Waals surface area contributed by atoms with Gasteiger partial charge in [0.1, 0.15) is 5.75 Å². The number of esters is 1. The summed E-state index contributed by atoms with van der Waals surface area (Å²) in [5.41, 5.74) is 2.27. The molecule has 28 heavy (non-hydrogen) atoms. The van der Waals surface area contributed by atoms with Gasteiger partial charge < -0.3 is 9.47 Å². The second kappa shape index (κ2) is 7.09. The van der Waals surface area contributed by atoms with Crippen LogP contribution in [0.3, 0.4) is 0 Å². The van der Waals surface area contributed by atoms with Crippen molar-refractivity contribution in [2.24, 2.45) is 4.99 Å². The molecule has 0 N–H and O–H groups in total. The largest absolute Gasteiger partial charge is 0.497 e. The lowest BCUT2D eigenvalue weighted by Crippen LogP contribution is -2.05. The van der Waals surface area contributed by atoms with E-state index in [9.17, 15) is 9.59 Å². The first-order chi connectivity index (χ1) is 13.5. The van der Waals surface area contributed by atoms with Crippen LogP contribution in [0.5, 0.6) is 5.75 Å². The number of cyclic esters (lactones) is 1. The summed E-state index contributed by atoms with van der Waals surface area (Å²) < 4.78 is 12.9. The molecule has 0 amide bonds. The summed E-state index contributed by atoms with van der Waals surface area (Å²) in [5, 5.41) is 0.829. The van der Waals surface area contributed by atoms with Gasteiger partial charge in [0.05, 0.1) is 12.6 Å². The SMILES string of the molecule is COc1cccc(C2=NC(=Cc3cn(C(C)=O)c4ccc(Br)cc34)C(=O)O2)c1. The first-order valence-electron chi connectivity index (χ1n) is 8.45. The Balaban J connectivity index is 1.80. The van der Waals surface area contributed by atoms with Crippen molar-refractivity contribution in [1.82, 2.24) is 4.57 Å². The van der Waals surface area contributed by atoms with Crippen LogP contribution in [0.25, 0.3) is 17.0 Å². The maximum absolute atomic E-state index is 12.3. The van der Waals surface area contributed by atoms with E-state index in [4.69, 9.17) is 9.47 Å². The first-order valence-corrected chi connectivity index (χ1v) is 9.24. The summed E-state index contributed by atoms with van der Waals surface area (Å²) in [6.45, 7) is 1.49. The highest BCUT2D eigenvalue weighted by atomic mass is 79.9. The average Bonchev–Trinajstić information content (AvgIpc) is 3.23. The molecule has 0 saturated heterocycles. The van der Waals surface area contributed by atoms with Crippen LogP contribution in [0, 0.1) is 0 Å². The monoisotopic (exact) mass is 438 g/mol. The molecular formula is C21H15BrN2O4. The smallest absolute Gasteiger partial charge is 0.363 e. The number of benzene rings is 2. The van der Waals surface area contributed by atoms with E-state index < -0.39 is 5.97 Å². The Morgan fingerprint density at radius 1 is 1.25 bits per heavy atom. The molecule has 2 heterocycles. The van der Waals surface area contributed by atoms with Crippen molar-refractivity contribution in [3.05, 3.63) is 70.0 Å². The van der Waals surface area contributed by atoms with Crippen molar-refractivity contribution >= 4 is 50.7 Å². The molecule has 0 atom stereocenters. The van der Waals surface area contributed by atoms with Crippen molar-refractivity contribution < 1.29 is 19.1 Å². The zero-order chi connectivity index (χ0) is 19.8. The number of aromatic nitrogens is 1. The molecule has 140 valence electrons. The second-order valence-electron chi connectivity index (χ2n) is 6.20. The first kappa shape index (κ1) is 18.2. The van der Waals surface area contributed by atoms with Crippen molar-refractivity contribution in [3.63, 3.8) is 0 Å². The van der Waals surface area contributed by atoms with Gasteiger partial charge in [0.15, 0.2) is 5.70 Å². The fraction of sp³-hybridized carbons (Fsp3) is 0.0952. The number of hydrogen-bond donors (Lipinski definition) is 0. The number of ether oxygens (including phenoxy) is 2. The number of aliphatic imine (C=N–C) groups is 1. The van der Waals surface area contributed by atoms with E-state index in [1.54, 1.807) is 48.2 Å². The van der Waals surface area contributed by atoms with E-state index in [1.165, 1.54) is 6.92 Å². The maximum atomic E-state index is 12.3. The lowest BCUT2D eigenvalue weighted by Gasteiger charge is -2.02. The van der Waals surface area contributed by atoms with Crippen molar-refractivity contribution in [2.45, 2.75) is 6.92 Å². The zero-order valence-corrected chi connectivity index (χ0v) is 16.7. The molecule has 0 bridgehead atoms. The standard InChI is InChI=1S/C21H15BrN2O4/c1-12(25)24-11-14(17-10-15(22)6-7-19(17)24)9-18-21(26)28-20(23-18)13-4-3-5-16(8-13)27-2/h3-11H,1-2H3. The lowest BCUT2D eigenvalue weighted by molar-refractivity contribution is -0.129. The Labute approximate surface area is 169 Å². The molecule has 7 heteroatoms. The topological polar surface area (TPSA) is 69.9 Å². The summed E-state index contributed by atoms with van der Waals surface area (Å²) in [5.74, 6) is 0.192. The van der Waals surface area contributed by atoms with Gasteiger partial charge in [-0.15, -0.1) is 0 Å². The van der Waals surface area contributed by atoms with E-state index in [0.29, 0.717) is 16.9 Å². The predicted molar refractivity (Wildman–Crippen MR) is 110 cm³/mol. The Bertz CT molecular complexity index is 1190. The van der Waals surface area contributed by atoms with Gasteiger partial charge in [0.2, 0.25) is 11.8 Å². The summed E-state index contributed by atoms with van der Waals surface area (Å²) >= 11 is 3.45. The third-order valence-corrected chi connectivity index (χ3v) is 4.86. The van der Waals surface area contributed by atoms with E-state index in [0.717, 1.165) is 15.4 Å². The quantitative estimate of drug-likeness (QED) is 0.448. The van der Waals surface area contributed by atoms with Gasteiger partial charge in [-0.3, -0.25) is 9.36 Å². The van der Waals surface area contributed by atoms with E-state index in [1.807, 2.05) is 18.2 Å². The molecule has 0 radical (unpaired) electrons. The number of carbonyl (C=O) groups is 2. The molecule has 2 aromatic carbocycles. The lowest BCUT2D eigenvalue weighted by atomic mass is 10.1. The summed E-state index contributed by atoms with van der Waals surface area (Å²) in [4.78, 5) is 28.6. The van der Waals surface area contributed by atoms with Gasteiger partial charge in [-0.2, -0.15) is 0 Å². The summed E-state index contributed by atoms with van der Waals surface area (Å²) in [6.07, 6.45) is 3.32. The minimum atomic E-state index is -0.545. The zero-order valence-electron chi connectivity index (χ0n) is 15.1. The van der Waals surface area contributed by atoms with Gasteiger partial charge in [-0.25, -0.2) is 9.79 Å². The van der Waals surface area contributed by atoms with Crippen LogP contribution >= 0.6 is 15.9 Å². The van der Waals surface area contributed by atoms with Crippen LogP contribution in [-0.4, -0.2) is 29.5 Å². The van der Waals surface area contributed by atoms with Crippen LogP contribution in [0.15, 0.2) is 63.8 Å².